The van der Waals surface area contributed by atoms with Crippen molar-refractivity contribution in [1.29, 1.82) is 0 Å². The van der Waals surface area contributed by atoms with Crippen molar-refractivity contribution in [2.24, 2.45) is 0 Å². The second-order valence-corrected chi connectivity index (χ2v) is 11.9. The zero-order valence-electron chi connectivity index (χ0n) is 22.9. The van der Waals surface area contributed by atoms with Gasteiger partial charge in [-0.3, -0.25) is 0 Å². The summed E-state index contributed by atoms with van der Waals surface area (Å²) in [5.41, 5.74) is -2.05. The number of rotatable bonds is 6. The molecule has 1 fully saturated rings. The van der Waals surface area contributed by atoms with Crippen LogP contribution < -0.4 is 5.32 Å². The molecule has 4 aromatic heterocycles. The first-order chi connectivity index (χ1) is 20.9. The van der Waals surface area contributed by atoms with E-state index in [1.54, 1.807) is 13.0 Å². The molecule has 0 radical (unpaired) electrons. The Bertz CT molecular complexity index is 1980. The summed E-state index contributed by atoms with van der Waals surface area (Å²) in [5, 5.41) is 16.1. The quantitative estimate of drug-likeness (QED) is 0.268. The van der Waals surface area contributed by atoms with Crippen molar-refractivity contribution < 1.29 is 36.0 Å². The van der Waals surface area contributed by atoms with E-state index < -0.39 is 39.6 Å². The maximum atomic E-state index is 14.3. The van der Waals surface area contributed by atoms with Crippen LogP contribution in [0.15, 0.2) is 64.3 Å². The Morgan fingerprint density at radius 1 is 1.11 bits per heavy atom. The highest BCUT2D eigenvalue weighted by atomic mass is 32.2. The number of piperidine rings is 1. The van der Waals surface area contributed by atoms with Gasteiger partial charge in [-0.05, 0) is 44.0 Å². The smallest absolute Gasteiger partial charge is 0.419 e. The third-order valence-electron chi connectivity index (χ3n) is 7.04. The molecule has 0 saturated carbocycles. The highest BCUT2D eigenvalue weighted by Crippen LogP contribution is 2.40. The van der Waals surface area contributed by atoms with Crippen molar-refractivity contribution in [1.82, 2.24) is 34.0 Å². The van der Waals surface area contributed by atoms with E-state index in [4.69, 9.17) is 4.52 Å². The molecule has 17 heteroatoms. The number of benzene rings is 1. The monoisotopic (exact) mass is 628 g/mol. The summed E-state index contributed by atoms with van der Waals surface area (Å²) in [4.78, 5) is 29.1. The molecule has 1 atom stereocenters. The first-order valence-corrected chi connectivity index (χ1v) is 14.7. The Morgan fingerprint density at radius 2 is 1.89 bits per heavy atom. The number of alkyl halides is 3. The molecule has 0 unspecified atom stereocenters. The van der Waals surface area contributed by atoms with E-state index in [1.165, 1.54) is 41.3 Å². The van der Waals surface area contributed by atoms with Gasteiger partial charge in [0.2, 0.25) is 5.95 Å². The highest BCUT2D eigenvalue weighted by Gasteiger charge is 2.37. The summed E-state index contributed by atoms with van der Waals surface area (Å²) in [5.74, 6) is 0.112. The molecular weight excluding hydrogens is 605 g/mol. The van der Waals surface area contributed by atoms with E-state index in [1.807, 2.05) is 0 Å². The SMILES string of the molecule is Cc1noc(-c2ccc3c(-c4nc(N[C@H]5CCCN(C(=O)O)C5)ncc4C(F)(F)F)cn(S(=O)(=O)c4ccccc4)c3n2)n1. The number of pyridine rings is 1. The summed E-state index contributed by atoms with van der Waals surface area (Å²) in [6.45, 7) is 2.00. The van der Waals surface area contributed by atoms with Gasteiger partial charge < -0.3 is 19.8 Å². The molecule has 0 aliphatic carbocycles. The maximum Gasteiger partial charge on any atom is 0.419 e. The van der Waals surface area contributed by atoms with E-state index in [9.17, 15) is 31.5 Å². The number of carboxylic acid groups (broad SMARTS) is 1. The number of hydrogen-bond acceptors (Lipinski definition) is 10. The minimum Gasteiger partial charge on any atom is -0.465 e. The van der Waals surface area contributed by atoms with Crippen LogP contribution in [0.4, 0.5) is 23.9 Å². The summed E-state index contributed by atoms with van der Waals surface area (Å²) in [6.07, 6.45) is -3.28. The fourth-order valence-corrected chi connectivity index (χ4v) is 6.33. The molecule has 0 spiro atoms. The minimum atomic E-state index is -4.90. The van der Waals surface area contributed by atoms with Crippen LogP contribution in [0, 0.1) is 6.92 Å². The van der Waals surface area contributed by atoms with E-state index >= 15 is 0 Å². The molecule has 2 N–H and O–H groups in total. The Morgan fingerprint density at radius 3 is 2.57 bits per heavy atom. The molecular formula is C27H23F3N8O5S. The Kier molecular flexibility index (Phi) is 7.19. The molecule has 228 valence electrons. The molecule has 6 rings (SSSR count). The van der Waals surface area contributed by atoms with Gasteiger partial charge in [0.25, 0.3) is 15.9 Å². The Balaban J connectivity index is 1.53. The summed E-state index contributed by atoms with van der Waals surface area (Å²) in [7, 11) is -4.36. The average molecular weight is 629 g/mol. The van der Waals surface area contributed by atoms with Crippen LogP contribution in [-0.2, 0) is 16.2 Å². The van der Waals surface area contributed by atoms with Crippen LogP contribution in [0.2, 0.25) is 0 Å². The number of nitrogens with zero attached hydrogens (tertiary/aromatic N) is 7. The van der Waals surface area contributed by atoms with Gasteiger partial charge in [-0.1, -0.05) is 23.4 Å². The zero-order chi connectivity index (χ0) is 31.2. The lowest BCUT2D eigenvalue weighted by Gasteiger charge is -2.31. The van der Waals surface area contributed by atoms with E-state index in [0.717, 1.165) is 10.2 Å². The number of likely N-dealkylation sites (tertiary alicyclic amines) is 1. The number of nitrogens with one attached hydrogen (secondary N) is 1. The van der Waals surface area contributed by atoms with Crippen molar-refractivity contribution in [3.8, 4) is 22.8 Å². The summed E-state index contributed by atoms with van der Waals surface area (Å²) >= 11 is 0. The van der Waals surface area contributed by atoms with Crippen LogP contribution in [0.25, 0.3) is 33.9 Å². The van der Waals surface area contributed by atoms with Crippen LogP contribution >= 0.6 is 0 Å². The standard InChI is InChI=1S/C27H23F3N8O5S/c1-15-32-24(43-36-15)21-10-9-18-19(14-38(23(18)34-21)44(41,42)17-7-3-2-4-8-17)22-20(27(28,29)30)12-31-25(35-22)33-16-6-5-11-37(13-16)26(39)40/h2-4,7-10,12,14,16H,5-6,11,13H2,1H3,(H,39,40)(H,31,33,35)/t16-/m0/s1. The largest absolute Gasteiger partial charge is 0.465 e. The van der Waals surface area contributed by atoms with Crippen molar-refractivity contribution >= 4 is 33.1 Å². The van der Waals surface area contributed by atoms with Crippen molar-refractivity contribution in [3.63, 3.8) is 0 Å². The van der Waals surface area contributed by atoms with Gasteiger partial charge in [0.05, 0.1) is 10.6 Å². The summed E-state index contributed by atoms with van der Waals surface area (Å²) < 4.78 is 76.5. The number of aryl methyl sites for hydroxylation is 1. The molecule has 44 heavy (non-hydrogen) atoms. The normalized spacial score (nSPS) is 15.9. The number of anilines is 1. The van der Waals surface area contributed by atoms with Gasteiger partial charge in [-0.15, -0.1) is 0 Å². The molecule has 1 aromatic carbocycles. The zero-order valence-corrected chi connectivity index (χ0v) is 23.7. The van der Waals surface area contributed by atoms with Crippen molar-refractivity contribution in [2.75, 3.05) is 18.4 Å². The number of aromatic nitrogens is 6. The third-order valence-corrected chi connectivity index (χ3v) is 8.71. The van der Waals surface area contributed by atoms with Gasteiger partial charge in [0.15, 0.2) is 11.5 Å². The first-order valence-electron chi connectivity index (χ1n) is 13.2. The molecule has 1 amide bonds. The highest BCUT2D eigenvalue weighted by molar-refractivity contribution is 7.90. The number of halogens is 3. The maximum absolute atomic E-state index is 14.3. The minimum absolute atomic E-state index is 0.0109. The topological polar surface area (TPSA) is 169 Å². The Labute approximate surface area is 247 Å². The number of carbonyl (C=O) groups is 1. The number of amides is 1. The van der Waals surface area contributed by atoms with Crippen molar-refractivity contribution in [2.45, 2.75) is 36.9 Å². The van der Waals surface area contributed by atoms with E-state index in [-0.39, 0.29) is 45.6 Å². The third kappa shape index (κ3) is 5.41. The molecule has 1 aliphatic heterocycles. The van der Waals surface area contributed by atoms with Gasteiger partial charge in [0.1, 0.15) is 11.3 Å². The predicted octanol–water partition coefficient (Wildman–Crippen LogP) is 4.66. The van der Waals surface area contributed by atoms with Crippen molar-refractivity contribution in [3.05, 3.63) is 66.2 Å². The molecule has 1 aliphatic rings. The first kappa shape index (κ1) is 29.0. The fraction of sp³-hybridized carbons (Fsp3) is 0.259. The fourth-order valence-electron chi connectivity index (χ4n) is 4.99. The van der Waals surface area contributed by atoms with Crippen LogP contribution in [-0.4, -0.2) is 72.7 Å². The molecule has 0 bridgehead atoms. The predicted molar refractivity (Wildman–Crippen MR) is 149 cm³/mol. The second-order valence-electron chi connectivity index (χ2n) is 10.0. The van der Waals surface area contributed by atoms with Gasteiger partial charge >= 0.3 is 12.3 Å². The molecule has 13 nitrogen and oxygen atoms in total. The van der Waals surface area contributed by atoms with Crippen LogP contribution in [0.5, 0.6) is 0 Å². The average Bonchev–Trinajstić information content (AvgIpc) is 3.61. The lowest BCUT2D eigenvalue weighted by atomic mass is 10.1. The Hall–Kier alpha value is -5.06. The van der Waals surface area contributed by atoms with Gasteiger partial charge in [-0.25, -0.2) is 32.1 Å². The van der Waals surface area contributed by atoms with Crippen LogP contribution in [0.1, 0.15) is 24.2 Å². The second kappa shape index (κ2) is 10.9. The summed E-state index contributed by atoms with van der Waals surface area (Å²) in [6, 6.07) is 9.74. The lowest BCUT2D eigenvalue weighted by Crippen LogP contribution is -2.44. The van der Waals surface area contributed by atoms with Gasteiger partial charge in [-0.2, -0.15) is 18.2 Å². The van der Waals surface area contributed by atoms with E-state index in [0.29, 0.717) is 31.4 Å². The number of fused-ring (bicyclic) bond motifs is 1. The number of hydrogen-bond donors (Lipinski definition) is 2. The molecule has 5 aromatic rings. The molecule has 5 heterocycles. The lowest BCUT2D eigenvalue weighted by molar-refractivity contribution is -0.137. The molecule has 1 saturated heterocycles. The van der Waals surface area contributed by atoms with Crippen LogP contribution in [0.3, 0.4) is 0 Å². The van der Waals surface area contributed by atoms with Gasteiger partial charge in [0, 0.05) is 42.5 Å². The van der Waals surface area contributed by atoms with E-state index in [2.05, 4.69) is 30.4 Å².